The van der Waals surface area contributed by atoms with E-state index in [-0.39, 0.29) is 12.0 Å². The minimum absolute atomic E-state index is 0.00696. The SMILES string of the molecule is COc1ccc(CCc2cnc(N)nc2C(F)(F)F)cn1. The summed E-state index contributed by atoms with van der Waals surface area (Å²) in [5.41, 5.74) is 5.03. The number of halogens is 3. The molecule has 0 aliphatic heterocycles. The van der Waals surface area contributed by atoms with Gasteiger partial charge in [-0.05, 0) is 18.4 Å². The largest absolute Gasteiger partial charge is 0.481 e. The van der Waals surface area contributed by atoms with Gasteiger partial charge < -0.3 is 10.5 Å². The average Bonchev–Trinajstić information content (AvgIpc) is 2.45. The molecule has 0 aromatic carbocycles. The van der Waals surface area contributed by atoms with Crippen LogP contribution in [-0.2, 0) is 19.0 Å². The number of nitrogens with zero attached hydrogens (tertiary/aromatic N) is 3. The van der Waals surface area contributed by atoms with Gasteiger partial charge in [-0.15, -0.1) is 0 Å². The minimum Gasteiger partial charge on any atom is -0.481 e. The van der Waals surface area contributed by atoms with Gasteiger partial charge in [-0.1, -0.05) is 6.07 Å². The number of methoxy groups -OCH3 is 1. The number of anilines is 1. The monoisotopic (exact) mass is 298 g/mol. The fraction of sp³-hybridized carbons (Fsp3) is 0.308. The molecule has 0 fully saturated rings. The van der Waals surface area contributed by atoms with Crippen LogP contribution >= 0.6 is 0 Å². The number of alkyl halides is 3. The number of rotatable bonds is 4. The van der Waals surface area contributed by atoms with E-state index in [0.29, 0.717) is 12.3 Å². The first-order valence-corrected chi connectivity index (χ1v) is 6.07. The summed E-state index contributed by atoms with van der Waals surface area (Å²) < 4.78 is 43.5. The predicted octanol–water partition coefficient (Wildman–Crippen LogP) is 2.27. The molecule has 2 rings (SSSR count). The van der Waals surface area contributed by atoms with Crippen LogP contribution in [0.5, 0.6) is 5.88 Å². The van der Waals surface area contributed by atoms with Gasteiger partial charge in [-0.25, -0.2) is 15.0 Å². The van der Waals surface area contributed by atoms with E-state index >= 15 is 0 Å². The van der Waals surface area contributed by atoms with E-state index in [2.05, 4.69) is 15.0 Å². The fourth-order valence-corrected chi connectivity index (χ4v) is 1.81. The van der Waals surface area contributed by atoms with Gasteiger partial charge in [0.15, 0.2) is 5.69 Å². The molecule has 2 aromatic heterocycles. The van der Waals surface area contributed by atoms with Crippen molar-refractivity contribution in [3.8, 4) is 5.88 Å². The Bertz CT molecular complexity index is 614. The standard InChI is InChI=1S/C13H13F3N4O/c1-21-10-5-3-8(6-18-10)2-4-9-7-19-12(17)20-11(9)13(14,15)16/h3,5-7H,2,4H2,1H3,(H2,17,19,20). The van der Waals surface area contributed by atoms with E-state index in [1.165, 1.54) is 7.11 Å². The van der Waals surface area contributed by atoms with Crippen LogP contribution in [0.1, 0.15) is 16.8 Å². The number of ether oxygens (including phenoxy) is 1. The predicted molar refractivity (Wildman–Crippen MR) is 69.6 cm³/mol. The number of aromatic nitrogens is 3. The number of hydrogen-bond acceptors (Lipinski definition) is 5. The zero-order chi connectivity index (χ0) is 15.5. The Morgan fingerprint density at radius 1 is 1.14 bits per heavy atom. The number of nitrogens with two attached hydrogens (primary N) is 1. The van der Waals surface area contributed by atoms with Crippen molar-refractivity contribution in [2.75, 3.05) is 12.8 Å². The molecule has 0 amide bonds. The van der Waals surface area contributed by atoms with Gasteiger partial charge >= 0.3 is 6.18 Å². The van der Waals surface area contributed by atoms with E-state index in [9.17, 15) is 13.2 Å². The number of pyridine rings is 1. The molecule has 2 heterocycles. The highest BCUT2D eigenvalue weighted by molar-refractivity contribution is 5.28. The summed E-state index contributed by atoms with van der Waals surface area (Å²) in [4.78, 5) is 10.9. The number of hydrogen-bond donors (Lipinski definition) is 1. The molecule has 0 aliphatic rings. The molecule has 0 radical (unpaired) electrons. The van der Waals surface area contributed by atoms with Crippen LogP contribution in [0.3, 0.4) is 0 Å². The molecule has 2 N–H and O–H groups in total. The summed E-state index contributed by atoms with van der Waals surface area (Å²) in [7, 11) is 1.49. The quantitative estimate of drug-likeness (QED) is 0.937. The zero-order valence-electron chi connectivity index (χ0n) is 11.2. The van der Waals surface area contributed by atoms with Crippen molar-refractivity contribution in [1.29, 1.82) is 0 Å². The second kappa shape index (κ2) is 5.94. The summed E-state index contributed by atoms with van der Waals surface area (Å²) >= 11 is 0. The van der Waals surface area contributed by atoms with Crippen molar-refractivity contribution in [2.45, 2.75) is 19.0 Å². The summed E-state index contributed by atoms with van der Waals surface area (Å²) in [5.74, 6) is 0.0581. The Hall–Kier alpha value is -2.38. The van der Waals surface area contributed by atoms with Gasteiger partial charge in [0, 0.05) is 24.0 Å². The Morgan fingerprint density at radius 2 is 1.90 bits per heavy atom. The first-order chi connectivity index (χ1) is 9.90. The highest BCUT2D eigenvalue weighted by Crippen LogP contribution is 2.31. The van der Waals surface area contributed by atoms with Crippen molar-refractivity contribution >= 4 is 5.95 Å². The molecule has 2 aromatic rings. The molecule has 0 aliphatic carbocycles. The van der Waals surface area contributed by atoms with Crippen LogP contribution in [0.4, 0.5) is 19.1 Å². The second-order valence-electron chi connectivity index (χ2n) is 4.31. The highest BCUT2D eigenvalue weighted by atomic mass is 19.4. The van der Waals surface area contributed by atoms with Crippen LogP contribution in [0.2, 0.25) is 0 Å². The van der Waals surface area contributed by atoms with Crippen molar-refractivity contribution in [1.82, 2.24) is 15.0 Å². The molecule has 21 heavy (non-hydrogen) atoms. The Labute approximate surface area is 119 Å². The van der Waals surface area contributed by atoms with Crippen LogP contribution in [0, 0.1) is 0 Å². The third-order valence-electron chi connectivity index (χ3n) is 2.84. The molecule has 112 valence electrons. The average molecular weight is 298 g/mol. The lowest BCUT2D eigenvalue weighted by atomic mass is 10.1. The topological polar surface area (TPSA) is 73.9 Å². The summed E-state index contributed by atoms with van der Waals surface area (Å²) in [6.07, 6.45) is -1.35. The Morgan fingerprint density at radius 3 is 2.48 bits per heavy atom. The van der Waals surface area contributed by atoms with Crippen molar-refractivity contribution in [3.05, 3.63) is 41.3 Å². The minimum atomic E-state index is -4.55. The molecule has 0 atom stereocenters. The van der Waals surface area contributed by atoms with E-state index in [4.69, 9.17) is 10.5 Å². The number of aryl methyl sites for hydroxylation is 2. The lowest BCUT2D eigenvalue weighted by Crippen LogP contribution is -2.15. The summed E-state index contributed by atoms with van der Waals surface area (Å²) in [6, 6.07) is 3.40. The molecule has 0 unspecified atom stereocenters. The lowest BCUT2D eigenvalue weighted by molar-refractivity contribution is -0.141. The molecular formula is C13H13F3N4O. The fourth-order valence-electron chi connectivity index (χ4n) is 1.81. The third kappa shape index (κ3) is 3.80. The van der Waals surface area contributed by atoms with Crippen molar-refractivity contribution in [2.24, 2.45) is 0 Å². The van der Waals surface area contributed by atoms with Crippen molar-refractivity contribution in [3.63, 3.8) is 0 Å². The molecule has 8 heteroatoms. The van der Waals surface area contributed by atoms with Gasteiger partial charge in [-0.2, -0.15) is 13.2 Å². The smallest absolute Gasteiger partial charge is 0.433 e. The van der Waals surface area contributed by atoms with E-state index in [1.807, 2.05) is 0 Å². The molecule has 0 spiro atoms. The maximum atomic E-state index is 12.9. The van der Waals surface area contributed by atoms with Crippen LogP contribution in [0.25, 0.3) is 0 Å². The summed E-state index contributed by atoms with van der Waals surface area (Å²) in [6.45, 7) is 0. The second-order valence-corrected chi connectivity index (χ2v) is 4.31. The maximum Gasteiger partial charge on any atom is 0.433 e. The van der Waals surface area contributed by atoms with Gasteiger partial charge in [-0.3, -0.25) is 0 Å². The maximum absolute atomic E-state index is 12.9. The van der Waals surface area contributed by atoms with E-state index < -0.39 is 17.8 Å². The number of nitrogen functional groups attached to an aromatic ring is 1. The van der Waals surface area contributed by atoms with Crippen LogP contribution < -0.4 is 10.5 Å². The molecule has 0 saturated carbocycles. The van der Waals surface area contributed by atoms with Crippen LogP contribution in [-0.4, -0.2) is 22.1 Å². The highest BCUT2D eigenvalue weighted by Gasteiger charge is 2.35. The Kier molecular flexibility index (Phi) is 4.25. The molecular weight excluding hydrogens is 285 g/mol. The first kappa shape index (κ1) is 15.0. The summed E-state index contributed by atoms with van der Waals surface area (Å²) in [5, 5.41) is 0. The lowest BCUT2D eigenvalue weighted by Gasteiger charge is -2.11. The van der Waals surface area contributed by atoms with Crippen LogP contribution in [0.15, 0.2) is 24.5 Å². The Balaban J connectivity index is 2.15. The van der Waals surface area contributed by atoms with Gasteiger partial charge in [0.05, 0.1) is 7.11 Å². The van der Waals surface area contributed by atoms with Crippen molar-refractivity contribution < 1.29 is 17.9 Å². The van der Waals surface area contributed by atoms with Gasteiger partial charge in [0.2, 0.25) is 11.8 Å². The molecule has 0 saturated heterocycles. The molecule has 5 nitrogen and oxygen atoms in total. The molecule has 0 bridgehead atoms. The van der Waals surface area contributed by atoms with Gasteiger partial charge in [0.1, 0.15) is 0 Å². The van der Waals surface area contributed by atoms with Gasteiger partial charge in [0.25, 0.3) is 0 Å². The third-order valence-corrected chi connectivity index (χ3v) is 2.84. The normalized spacial score (nSPS) is 11.4. The zero-order valence-corrected chi connectivity index (χ0v) is 11.2. The van der Waals surface area contributed by atoms with E-state index in [0.717, 1.165) is 11.8 Å². The van der Waals surface area contributed by atoms with E-state index in [1.54, 1.807) is 18.3 Å². The first-order valence-electron chi connectivity index (χ1n) is 6.07.